The molecular weight excluding hydrogens is 282 g/mol. The Morgan fingerprint density at radius 2 is 1.95 bits per heavy atom. The highest BCUT2D eigenvalue weighted by molar-refractivity contribution is 5.85. The van der Waals surface area contributed by atoms with Gasteiger partial charge in [-0.1, -0.05) is 39.0 Å². The summed E-state index contributed by atoms with van der Waals surface area (Å²) < 4.78 is 0. The van der Waals surface area contributed by atoms with E-state index in [0.29, 0.717) is 5.56 Å². The zero-order valence-electron chi connectivity index (χ0n) is 11.8. The monoisotopic (exact) mass is 301 g/mol. The van der Waals surface area contributed by atoms with E-state index in [1.54, 1.807) is 18.2 Å². The van der Waals surface area contributed by atoms with E-state index in [4.69, 9.17) is 5.73 Å². The molecule has 20 heavy (non-hydrogen) atoms. The number of benzene rings is 1. The standard InChI is InChI=1S/C13H19N3O3.ClH/c1-13(2,3)11(14)12(17)15-8-9-6-4-5-7-10(9)16(18)19;/h4-7,11H,8,14H2,1-3H3,(H,15,17);1H/t11-;/m1./s1. The summed E-state index contributed by atoms with van der Waals surface area (Å²) >= 11 is 0. The first-order chi connectivity index (χ1) is 8.73. The number of carbonyl (C=O) groups is 1. The van der Waals surface area contributed by atoms with Crippen molar-refractivity contribution in [2.75, 3.05) is 0 Å². The van der Waals surface area contributed by atoms with Crippen LogP contribution >= 0.6 is 12.4 Å². The predicted molar refractivity (Wildman–Crippen MR) is 79.6 cm³/mol. The Morgan fingerprint density at radius 1 is 1.40 bits per heavy atom. The van der Waals surface area contributed by atoms with Crippen molar-refractivity contribution in [3.8, 4) is 0 Å². The molecule has 0 aliphatic heterocycles. The maximum Gasteiger partial charge on any atom is 0.274 e. The lowest BCUT2D eigenvalue weighted by atomic mass is 9.87. The van der Waals surface area contributed by atoms with E-state index in [1.807, 2.05) is 20.8 Å². The van der Waals surface area contributed by atoms with Gasteiger partial charge in [-0.15, -0.1) is 12.4 Å². The number of nitrogens with zero attached hydrogens (tertiary/aromatic N) is 1. The number of nitrogens with two attached hydrogens (primary N) is 1. The van der Waals surface area contributed by atoms with Crippen LogP contribution in [0, 0.1) is 15.5 Å². The molecule has 6 nitrogen and oxygen atoms in total. The van der Waals surface area contributed by atoms with Crippen LogP contribution < -0.4 is 11.1 Å². The van der Waals surface area contributed by atoms with Crippen molar-refractivity contribution in [3.05, 3.63) is 39.9 Å². The number of hydrogen-bond donors (Lipinski definition) is 2. The summed E-state index contributed by atoms with van der Waals surface area (Å²) in [5.74, 6) is -0.314. The van der Waals surface area contributed by atoms with E-state index < -0.39 is 11.0 Å². The summed E-state index contributed by atoms with van der Waals surface area (Å²) in [5.41, 5.74) is 5.91. The third kappa shape index (κ3) is 4.79. The minimum absolute atomic E-state index is 0. The lowest BCUT2D eigenvalue weighted by Crippen LogP contribution is -2.48. The van der Waals surface area contributed by atoms with Crippen molar-refractivity contribution >= 4 is 24.0 Å². The molecule has 0 spiro atoms. The smallest absolute Gasteiger partial charge is 0.274 e. The van der Waals surface area contributed by atoms with Gasteiger partial charge in [0.25, 0.3) is 5.69 Å². The molecule has 7 heteroatoms. The van der Waals surface area contributed by atoms with E-state index >= 15 is 0 Å². The minimum atomic E-state index is -0.657. The summed E-state index contributed by atoms with van der Waals surface area (Å²) in [6.45, 7) is 5.69. The van der Waals surface area contributed by atoms with Crippen LogP contribution in [-0.4, -0.2) is 16.9 Å². The fourth-order valence-corrected chi connectivity index (χ4v) is 1.52. The molecule has 1 aromatic rings. The lowest BCUT2D eigenvalue weighted by molar-refractivity contribution is -0.385. The summed E-state index contributed by atoms with van der Waals surface area (Å²) in [5, 5.41) is 13.5. The molecular formula is C13H20ClN3O3. The van der Waals surface area contributed by atoms with Gasteiger partial charge in [-0.2, -0.15) is 0 Å². The van der Waals surface area contributed by atoms with Gasteiger partial charge < -0.3 is 11.1 Å². The molecule has 0 aliphatic rings. The molecule has 0 radical (unpaired) electrons. The molecule has 0 heterocycles. The van der Waals surface area contributed by atoms with Crippen LogP contribution in [0.5, 0.6) is 0 Å². The van der Waals surface area contributed by atoms with Crippen LogP contribution in [0.3, 0.4) is 0 Å². The Balaban J connectivity index is 0.00000361. The Bertz CT molecular complexity index is 486. The van der Waals surface area contributed by atoms with Crippen molar-refractivity contribution in [2.24, 2.45) is 11.1 Å². The van der Waals surface area contributed by atoms with Crippen molar-refractivity contribution in [1.82, 2.24) is 5.32 Å². The van der Waals surface area contributed by atoms with Crippen LogP contribution in [0.25, 0.3) is 0 Å². The molecule has 0 fully saturated rings. The van der Waals surface area contributed by atoms with Gasteiger partial charge in [-0.25, -0.2) is 0 Å². The highest BCUT2D eigenvalue weighted by Gasteiger charge is 2.27. The average molecular weight is 302 g/mol. The van der Waals surface area contributed by atoms with Crippen molar-refractivity contribution < 1.29 is 9.72 Å². The predicted octanol–water partition coefficient (Wildman–Crippen LogP) is 2.01. The normalized spacial score (nSPS) is 12.2. The third-order valence-corrected chi connectivity index (χ3v) is 2.86. The third-order valence-electron chi connectivity index (χ3n) is 2.86. The molecule has 0 saturated carbocycles. The van der Waals surface area contributed by atoms with Gasteiger partial charge in [0, 0.05) is 18.2 Å². The molecule has 112 valence electrons. The first kappa shape index (κ1) is 18.3. The maximum absolute atomic E-state index is 11.8. The topological polar surface area (TPSA) is 98.3 Å². The first-order valence-corrected chi connectivity index (χ1v) is 5.99. The zero-order chi connectivity index (χ0) is 14.6. The van der Waals surface area contributed by atoms with Gasteiger partial charge in [0.05, 0.1) is 11.0 Å². The zero-order valence-corrected chi connectivity index (χ0v) is 12.6. The molecule has 0 aliphatic carbocycles. The number of halogens is 1. The van der Waals surface area contributed by atoms with Gasteiger partial charge in [-0.05, 0) is 5.41 Å². The summed E-state index contributed by atoms with van der Waals surface area (Å²) in [6, 6.07) is 5.64. The summed E-state index contributed by atoms with van der Waals surface area (Å²) in [6.07, 6.45) is 0. The number of nitrogens with one attached hydrogen (secondary N) is 1. The van der Waals surface area contributed by atoms with Crippen molar-refractivity contribution in [1.29, 1.82) is 0 Å². The number of para-hydroxylation sites is 1. The van der Waals surface area contributed by atoms with Gasteiger partial charge in [-0.3, -0.25) is 14.9 Å². The second-order valence-corrected chi connectivity index (χ2v) is 5.45. The van der Waals surface area contributed by atoms with E-state index in [2.05, 4.69) is 5.32 Å². The van der Waals surface area contributed by atoms with Crippen LogP contribution in [0.2, 0.25) is 0 Å². The Labute approximate surface area is 124 Å². The minimum Gasteiger partial charge on any atom is -0.350 e. The quantitative estimate of drug-likeness (QED) is 0.656. The second-order valence-electron chi connectivity index (χ2n) is 5.45. The van der Waals surface area contributed by atoms with Crippen LogP contribution in [-0.2, 0) is 11.3 Å². The largest absolute Gasteiger partial charge is 0.350 e. The van der Waals surface area contributed by atoms with E-state index in [1.165, 1.54) is 6.07 Å². The van der Waals surface area contributed by atoms with Crippen molar-refractivity contribution in [2.45, 2.75) is 33.4 Å². The van der Waals surface area contributed by atoms with E-state index in [9.17, 15) is 14.9 Å². The molecule has 1 amide bonds. The molecule has 3 N–H and O–H groups in total. The maximum atomic E-state index is 11.8. The lowest BCUT2D eigenvalue weighted by Gasteiger charge is -2.25. The van der Waals surface area contributed by atoms with Crippen LogP contribution in [0.15, 0.2) is 24.3 Å². The molecule has 1 aromatic carbocycles. The number of carbonyl (C=O) groups excluding carboxylic acids is 1. The van der Waals surface area contributed by atoms with Gasteiger partial charge in [0.2, 0.25) is 5.91 Å². The molecule has 0 bridgehead atoms. The number of nitro benzene ring substituents is 1. The SMILES string of the molecule is CC(C)(C)[C@H](N)C(=O)NCc1ccccc1[N+](=O)[O-].Cl. The Kier molecular flexibility index (Phi) is 6.61. The molecule has 0 aromatic heterocycles. The summed E-state index contributed by atoms with van der Waals surface area (Å²) in [4.78, 5) is 22.2. The number of amides is 1. The van der Waals surface area contributed by atoms with Gasteiger partial charge >= 0.3 is 0 Å². The molecule has 0 unspecified atom stereocenters. The fraction of sp³-hybridized carbons (Fsp3) is 0.462. The molecule has 0 saturated heterocycles. The van der Waals surface area contributed by atoms with Crippen LogP contribution in [0.4, 0.5) is 5.69 Å². The highest BCUT2D eigenvalue weighted by atomic mass is 35.5. The Morgan fingerprint density at radius 3 is 2.45 bits per heavy atom. The average Bonchev–Trinajstić information content (AvgIpc) is 2.34. The second kappa shape index (κ2) is 7.21. The number of hydrogen-bond acceptors (Lipinski definition) is 4. The van der Waals surface area contributed by atoms with Gasteiger partial charge in [0.15, 0.2) is 0 Å². The van der Waals surface area contributed by atoms with Gasteiger partial charge in [0.1, 0.15) is 0 Å². The number of rotatable bonds is 4. The highest BCUT2D eigenvalue weighted by Crippen LogP contribution is 2.19. The Hall–Kier alpha value is -1.66. The van der Waals surface area contributed by atoms with E-state index in [-0.39, 0.29) is 36.0 Å². The van der Waals surface area contributed by atoms with Crippen molar-refractivity contribution in [3.63, 3.8) is 0 Å². The number of nitro groups is 1. The van der Waals surface area contributed by atoms with Crippen LogP contribution in [0.1, 0.15) is 26.3 Å². The molecule has 1 rings (SSSR count). The fourth-order valence-electron chi connectivity index (χ4n) is 1.52. The summed E-state index contributed by atoms with van der Waals surface area (Å²) in [7, 11) is 0. The first-order valence-electron chi connectivity index (χ1n) is 5.99. The molecule has 1 atom stereocenters. The van der Waals surface area contributed by atoms with E-state index in [0.717, 1.165) is 0 Å².